The molecule has 0 aliphatic carbocycles. The molecule has 1 aliphatic rings. The van der Waals surface area contributed by atoms with Gasteiger partial charge in [-0.25, -0.2) is 13.9 Å². The van der Waals surface area contributed by atoms with Crippen LogP contribution in [0.4, 0.5) is 32.4 Å². The van der Waals surface area contributed by atoms with Crippen LogP contribution >= 0.6 is 0 Å². The van der Waals surface area contributed by atoms with Crippen molar-refractivity contribution in [1.29, 1.82) is 0 Å². The molecule has 0 spiro atoms. The number of ether oxygens (including phenoxy) is 1. The number of carbonyl (C=O) groups excluding carboxylic acids is 3. The Bertz CT molecular complexity index is 1620. The van der Waals surface area contributed by atoms with E-state index >= 15 is 0 Å². The van der Waals surface area contributed by atoms with Gasteiger partial charge in [0.2, 0.25) is 11.7 Å². The minimum absolute atomic E-state index is 0.0249. The van der Waals surface area contributed by atoms with E-state index in [4.69, 9.17) is 4.74 Å². The second-order valence-electron chi connectivity index (χ2n) is 10.9. The molecule has 1 fully saturated rings. The highest BCUT2D eigenvalue weighted by atomic mass is 19.4. The van der Waals surface area contributed by atoms with E-state index in [2.05, 4.69) is 25.9 Å². The number of hydrogen-bond acceptors (Lipinski definition) is 8. The SMILES string of the molecule is CCOC(=O)N1CCC(CC(=O)Nc2ccn(CCC(F)Cn3cc(C(=O)NCc4cncc(C(F)(F)F)c4)nn3)c(=O)c2F)CC1. The van der Waals surface area contributed by atoms with Gasteiger partial charge in [0.05, 0.1) is 30.6 Å². The number of anilines is 1. The lowest BCUT2D eigenvalue weighted by atomic mass is 9.93. The lowest BCUT2D eigenvalue weighted by Crippen LogP contribution is -2.39. The van der Waals surface area contributed by atoms with Gasteiger partial charge in [-0.1, -0.05) is 5.21 Å². The summed E-state index contributed by atoms with van der Waals surface area (Å²) < 4.78 is 75.1. The van der Waals surface area contributed by atoms with Crippen LogP contribution in [0.15, 0.2) is 41.7 Å². The Kier molecular flexibility index (Phi) is 11.6. The van der Waals surface area contributed by atoms with Gasteiger partial charge < -0.3 is 24.8 Å². The molecule has 4 rings (SSSR count). The predicted molar refractivity (Wildman–Crippen MR) is 155 cm³/mol. The second-order valence-corrected chi connectivity index (χ2v) is 10.9. The summed E-state index contributed by atoms with van der Waals surface area (Å²) in [5.74, 6) is -2.45. The minimum Gasteiger partial charge on any atom is -0.450 e. The zero-order chi connectivity index (χ0) is 34.1. The quantitative estimate of drug-likeness (QED) is 0.278. The largest absolute Gasteiger partial charge is 0.450 e. The fourth-order valence-electron chi connectivity index (χ4n) is 4.89. The average Bonchev–Trinajstić information content (AvgIpc) is 3.50. The van der Waals surface area contributed by atoms with E-state index in [0.717, 1.165) is 21.5 Å². The molecule has 0 radical (unpaired) electrons. The van der Waals surface area contributed by atoms with Crippen molar-refractivity contribution in [2.24, 2.45) is 5.92 Å². The first-order valence-corrected chi connectivity index (χ1v) is 14.8. The van der Waals surface area contributed by atoms with Crippen molar-refractivity contribution in [1.82, 2.24) is 34.8 Å². The molecule has 3 aromatic rings. The molecule has 3 aromatic heterocycles. The number of amides is 3. The lowest BCUT2D eigenvalue weighted by Gasteiger charge is -2.30. The second kappa shape index (κ2) is 15.6. The van der Waals surface area contributed by atoms with Crippen LogP contribution in [0.5, 0.6) is 0 Å². The summed E-state index contributed by atoms with van der Waals surface area (Å²) in [7, 11) is 0. The van der Waals surface area contributed by atoms with Crippen LogP contribution in [0.2, 0.25) is 0 Å². The Balaban J connectivity index is 1.22. The van der Waals surface area contributed by atoms with Crippen LogP contribution < -0.4 is 16.2 Å². The van der Waals surface area contributed by atoms with Crippen molar-refractivity contribution in [2.45, 2.75) is 64.6 Å². The van der Waals surface area contributed by atoms with E-state index in [1.807, 2.05) is 0 Å². The maximum atomic E-state index is 14.8. The van der Waals surface area contributed by atoms with Crippen molar-refractivity contribution in [3.05, 3.63) is 69.9 Å². The van der Waals surface area contributed by atoms with E-state index in [-0.39, 0.29) is 61.9 Å². The van der Waals surface area contributed by atoms with E-state index in [1.54, 1.807) is 11.8 Å². The Hall–Kier alpha value is -4.90. The van der Waals surface area contributed by atoms with Crippen LogP contribution in [0, 0.1) is 11.7 Å². The number of nitrogens with zero attached hydrogens (tertiary/aromatic N) is 6. The average molecular weight is 669 g/mol. The molecule has 0 aromatic carbocycles. The van der Waals surface area contributed by atoms with Gasteiger partial charge in [-0.05, 0) is 49.8 Å². The fraction of sp³-hybridized carbons (Fsp3) is 0.483. The molecule has 18 heteroatoms. The van der Waals surface area contributed by atoms with Gasteiger partial charge in [0, 0.05) is 51.2 Å². The number of carbonyl (C=O) groups is 3. The first-order valence-electron chi connectivity index (χ1n) is 14.8. The molecule has 1 aliphatic heterocycles. The van der Waals surface area contributed by atoms with E-state index in [1.165, 1.54) is 18.5 Å². The summed E-state index contributed by atoms with van der Waals surface area (Å²) in [6.07, 6.45) is -1.33. The molecule has 1 saturated heterocycles. The van der Waals surface area contributed by atoms with E-state index in [0.29, 0.717) is 32.1 Å². The molecule has 1 unspecified atom stereocenters. The highest BCUT2D eigenvalue weighted by Crippen LogP contribution is 2.29. The van der Waals surface area contributed by atoms with E-state index in [9.17, 15) is 41.1 Å². The Morgan fingerprint density at radius 2 is 1.91 bits per heavy atom. The van der Waals surface area contributed by atoms with Crippen molar-refractivity contribution >= 4 is 23.6 Å². The molecule has 254 valence electrons. The molecule has 3 amide bonds. The van der Waals surface area contributed by atoms with Crippen molar-refractivity contribution in [2.75, 3.05) is 25.0 Å². The molecular formula is C29H33F5N8O5. The van der Waals surface area contributed by atoms with Gasteiger partial charge in [0.25, 0.3) is 11.5 Å². The number of piperidine rings is 1. The normalized spacial score (nSPS) is 14.5. The topological polar surface area (TPSA) is 153 Å². The van der Waals surface area contributed by atoms with Gasteiger partial charge in [0.1, 0.15) is 6.17 Å². The Labute approximate surface area is 265 Å². The molecule has 13 nitrogen and oxygen atoms in total. The highest BCUT2D eigenvalue weighted by molar-refractivity contribution is 5.92. The summed E-state index contributed by atoms with van der Waals surface area (Å²) in [6, 6.07) is 2.06. The van der Waals surface area contributed by atoms with Gasteiger partial charge >= 0.3 is 12.3 Å². The van der Waals surface area contributed by atoms with Crippen molar-refractivity contribution < 1.29 is 41.1 Å². The number of hydrogen-bond donors (Lipinski definition) is 2. The molecule has 0 bridgehead atoms. The maximum Gasteiger partial charge on any atom is 0.417 e. The third-order valence-corrected chi connectivity index (χ3v) is 7.41. The van der Waals surface area contributed by atoms with Crippen LogP contribution in [0.1, 0.15) is 54.2 Å². The smallest absolute Gasteiger partial charge is 0.417 e. The number of likely N-dealkylation sites (tertiary alicyclic amines) is 1. The third kappa shape index (κ3) is 9.79. The maximum absolute atomic E-state index is 14.8. The molecule has 47 heavy (non-hydrogen) atoms. The summed E-state index contributed by atoms with van der Waals surface area (Å²) in [5, 5.41) is 12.1. The van der Waals surface area contributed by atoms with Crippen LogP contribution in [-0.2, 0) is 35.3 Å². The van der Waals surface area contributed by atoms with Crippen LogP contribution in [-0.4, -0.2) is 73.2 Å². The summed E-state index contributed by atoms with van der Waals surface area (Å²) in [4.78, 5) is 54.3. The van der Waals surface area contributed by atoms with Crippen LogP contribution in [0.3, 0.4) is 0 Å². The number of rotatable bonds is 12. The van der Waals surface area contributed by atoms with E-state index < -0.39 is 47.2 Å². The zero-order valence-electron chi connectivity index (χ0n) is 25.3. The van der Waals surface area contributed by atoms with Gasteiger partial charge in [0.15, 0.2) is 5.69 Å². The number of aryl methyl sites for hydroxylation is 1. The van der Waals surface area contributed by atoms with Gasteiger partial charge in [-0.3, -0.25) is 19.4 Å². The molecular weight excluding hydrogens is 635 g/mol. The monoisotopic (exact) mass is 668 g/mol. The predicted octanol–water partition coefficient (Wildman–Crippen LogP) is 3.55. The Morgan fingerprint density at radius 1 is 1.17 bits per heavy atom. The highest BCUT2D eigenvalue weighted by Gasteiger charge is 2.31. The molecule has 4 heterocycles. The summed E-state index contributed by atoms with van der Waals surface area (Å²) in [6.45, 7) is 2.06. The number of aromatic nitrogens is 5. The van der Waals surface area contributed by atoms with Crippen molar-refractivity contribution in [3.8, 4) is 0 Å². The number of nitrogens with one attached hydrogen (secondary N) is 2. The third-order valence-electron chi connectivity index (χ3n) is 7.41. The van der Waals surface area contributed by atoms with Crippen LogP contribution in [0.25, 0.3) is 0 Å². The summed E-state index contributed by atoms with van der Waals surface area (Å²) in [5.41, 5.74) is -2.40. The fourth-order valence-corrected chi connectivity index (χ4v) is 4.89. The van der Waals surface area contributed by atoms with Gasteiger partial charge in [-0.2, -0.15) is 17.6 Å². The lowest BCUT2D eigenvalue weighted by molar-refractivity contribution is -0.137. The number of alkyl halides is 4. The van der Waals surface area contributed by atoms with Gasteiger partial charge in [-0.15, -0.1) is 5.10 Å². The first kappa shape index (κ1) is 35.0. The first-order chi connectivity index (χ1) is 22.3. The zero-order valence-corrected chi connectivity index (χ0v) is 25.3. The molecule has 1 atom stereocenters. The van der Waals surface area contributed by atoms with Crippen molar-refractivity contribution in [3.63, 3.8) is 0 Å². The molecule has 0 saturated carbocycles. The minimum atomic E-state index is -4.59. The number of halogens is 5. The summed E-state index contributed by atoms with van der Waals surface area (Å²) >= 11 is 0. The molecule has 2 N–H and O–H groups in total. The Morgan fingerprint density at radius 3 is 2.62 bits per heavy atom. The standard InChI is InChI=1S/C29H33F5N8O5/c1-2-47-28(46)41-7-3-18(4-8-41)12-24(43)37-22-6-10-40(27(45)25(22)31)9-5-21(30)16-42-17-23(38-39-42)26(44)36-14-19-11-20(15-35-13-19)29(32,33)34/h6,10-11,13,15,17-18,21H,2-5,7-9,12,14,16H2,1H3,(H,36,44)(H,37,43). The number of pyridine rings is 2.